The number of carbonyl (C=O) groups excluding carboxylic acids is 1. The largest absolute Gasteiger partial charge is 0.426 e. The van der Waals surface area contributed by atoms with Crippen molar-refractivity contribution in [1.29, 1.82) is 0 Å². The van der Waals surface area contributed by atoms with Gasteiger partial charge in [0.1, 0.15) is 5.00 Å². The lowest BCUT2D eigenvalue weighted by atomic mass is 10.6. The van der Waals surface area contributed by atoms with E-state index in [-0.39, 0.29) is 0 Å². The molecule has 0 spiro atoms. The Labute approximate surface area is 69.9 Å². The predicted molar refractivity (Wildman–Crippen MR) is 43.1 cm³/mol. The van der Waals surface area contributed by atoms with Crippen LogP contribution in [0.2, 0.25) is 0 Å². The van der Waals surface area contributed by atoms with Gasteiger partial charge in [0.25, 0.3) is 6.47 Å². The van der Waals surface area contributed by atoms with Crippen molar-refractivity contribution in [2.45, 2.75) is 0 Å². The molecule has 0 amide bonds. The first-order valence-corrected chi connectivity index (χ1v) is 4.00. The maximum absolute atomic E-state index is 9.85. The Hall–Kier alpha value is -0.550. The highest BCUT2D eigenvalue weighted by atomic mass is 79.9. The molecule has 1 aromatic rings. The van der Waals surface area contributed by atoms with Crippen molar-refractivity contribution in [2.24, 2.45) is 0 Å². The smallest absolute Gasteiger partial charge is 0.298 e. The van der Waals surface area contributed by atoms with E-state index in [9.17, 15) is 4.79 Å². The molecule has 1 heterocycles. The zero-order valence-electron chi connectivity index (χ0n) is 4.83. The van der Waals surface area contributed by atoms with Crippen LogP contribution in [0.25, 0.3) is 0 Å². The second kappa shape index (κ2) is 3.03. The molecule has 3 nitrogen and oxygen atoms in total. The fraction of sp³-hybridized carbons (Fsp3) is 0. The first-order valence-electron chi connectivity index (χ1n) is 2.39. The van der Waals surface area contributed by atoms with E-state index in [0.717, 1.165) is 3.79 Å². The summed E-state index contributed by atoms with van der Waals surface area (Å²) < 4.78 is 5.38. The van der Waals surface area contributed by atoms with Crippen LogP contribution in [0.4, 0.5) is 5.00 Å². The molecule has 54 valence electrons. The summed E-state index contributed by atoms with van der Waals surface area (Å²) in [5.74, 6) is 0.409. The summed E-state index contributed by atoms with van der Waals surface area (Å²) in [5.41, 5.74) is 5.43. The van der Waals surface area contributed by atoms with E-state index in [2.05, 4.69) is 20.7 Å². The molecule has 0 saturated carbocycles. The van der Waals surface area contributed by atoms with Crippen LogP contribution < -0.4 is 10.5 Å². The number of nitrogens with two attached hydrogens (primary N) is 1. The Balaban J connectivity index is 2.91. The minimum absolute atomic E-state index is 0.352. The lowest BCUT2D eigenvalue weighted by Crippen LogP contribution is -1.89. The molecule has 2 N–H and O–H groups in total. The van der Waals surface area contributed by atoms with Crippen molar-refractivity contribution in [2.75, 3.05) is 5.73 Å². The number of hydrogen-bond donors (Lipinski definition) is 1. The molecule has 0 aliphatic carbocycles. The van der Waals surface area contributed by atoms with Crippen LogP contribution >= 0.6 is 27.3 Å². The van der Waals surface area contributed by atoms with Gasteiger partial charge in [-0.25, -0.2) is 0 Å². The molecule has 5 heteroatoms. The van der Waals surface area contributed by atoms with E-state index in [4.69, 9.17) is 5.73 Å². The van der Waals surface area contributed by atoms with Crippen LogP contribution in [0, 0.1) is 0 Å². The van der Waals surface area contributed by atoms with E-state index in [1.165, 1.54) is 11.3 Å². The van der Waals surface area contributed by atoms with E-state index < -0.39 is 0 Å². The van der Waals surface area contributed by atoms with E-state index in [1.54, 1.807) is 6.07 Å². The second-order valence-electron chi connectivity index (χ2n) is 1.49. The molecule has 0 aromatic carbocycles. The van der Waals surface area contributed by atoms with Crippen molar-refractivity contribution in [3.05, 3.63) is 9.85 Å². The third kappa shape index (κ3) is 1.48. The molecule has 10 heavy (non-hydrogen) atoms. The third-order valence-electron chi connectivity index (χ3n) is 0.870. The molecule has 1 aromatic heterocycles. The van der Waals surface area contributed by atoms with Gasteiger partial charge in [-0.05, 0) is 15.9 Å². The summed E-state index contributed by atoms with van der Waals surface area (Å²) in [6.07, 6.45) is 0. The predicted octanol–water partition coefficient (Wildman–Crippen LogP) is 1.63. The minimum Gasteiger partial charge on any atom is -0.426 e. The molecule has 0 radical (unpaired) electrons. The van der Waals surface area contributed by atoms with Gasteiger partial charge in [0.05, 0.1) is 3.79 Å². The maximum Gasteiger partial charge on any atom is 0.298 e. The first-order chi connectivity index (χ1) is 4.74. The van der Waals surface area contributed by atoms with Crippen molar-refractivity contribution in [3.63, 3.8) is 0 Å². The van der Waals surface area contributed by atoms with Crippen LogP contribution in [0.3, 0.4) is 0 Å². The Morgan fingerprint density at radius 2 is 2.50 bits per heavy atom. The Bertz CT molecular complexity index is 248. The molecule has 0 aliphatic heterocycles. The fourth-order valence-electron chi connectivity index (χ4n) is 0.503. The normalized spacial score (nSPS) is 9.30. The number of carbonyl (C=O) groups is 1. The summed E-state index contributed by atoms with van der Waals surface area (Å²) >= 11 is 4.52. The fourth-order valence-corrected chi connectivity index (χ4v) is 1.82. The number of hydrogen-bond acceptors (Lipinski definition) is 4. The van der Waals surface area contributed by atoms with Crippen LogP contribution in [-0.2, 0) is 4.79 Å². The number of rotatable bonds is 2. The molecule has 0 bridgehead atoms. The Morgan fingerprint density at radius 1 is 1.80 bits per heavy atom. The van der Waals surface area contributed by atoms with Crippen LogP contribution in [0.1, 0.15) is 0 Å². The summed E-state index contributed by atoms with van der Waals surface area (Å²) in [5, 5.41) is 0.499. The number of thiophene rings is 1. The molecule has 0 saturated heterocycles. The maximum atomic E-state index is 9.85. The van der Waals surface area contributed by atoms with Gasteiger partial charge in [0, 0.05) is 6.07 Å². The van der Waals surface area contributed by atoms with Gasteiger partial charge in [-0.15, -0.1) is 11.3 Å². The summed E-state index contributed by atoms with van der Waals surface area (Å²) in [6, 6.07) is 1.65. The molecule has 0 atom stereocenters. The summed E-state index contributed by atoms with van der Waals surface area (Å²) in [4.78, 5) is 9.85. The zero-order chi connectivity index (χ0) is 7.56. The van der Waals surface area contributed by atoms with Gasteiger partial charge < -0.3 is 10.5 Å². The second-order valence-corrected chi connectivity index (χ2v) is 3.96. The average Bonchev–Trinajstić information content (AvgIpc) is 2.13. The SMILES string of the molecule is Nc1sc(Br)cc1OC=O. The van der Waals surface area contributed by atoms with Crippen LogP contribution in [0.5, 0.6) is 5.75 Å². The van der Waals surface area contributed by atoms with Crippen molar-refractivity contribution in [1.82, 2.24) is 0 Å². The number of ether oxygens (including phenoxy) is 1. The van der Waals surface area contributed by atoms with Gasteiger partial charge in [0.2, 0.25) is 0 Å². The average molecular weight is 222 g/mol. The van der Waals surface area contributed by atoms with Crippen LogP contribution in [-0.4, -0.2) is 6.47 Å². The lowest BCUT2D eigenvalue weighted by Gasteiger charge is -1.90. The minimum atomic E-state index is 0.352. The third-order valence-corrected chi connectivity index (χ3v) is 2.32. The quantitative estimate of drug-likeness (QED) is 0.773. The van der Waals surface area contributed by atoms with Crippen LogP contribution in [0.15, 0.2) is 9.85 Å². The molecule has 0 unspecified atom stereocenters. The first kappa shape index (κ1) is 7.56. The van der Waals surface area contributed by atoms with Gasteiger partial charge in [-0.1, -0.05) is 0 Å². The van der Waals surface area contributed by atoms with Gasteiger partial charge in [-0.3, -0.25) is 4.79 Å². The molecule has 1 rings (SSSR count). The highest BCUT2D eigenvalue weighted by molar-refractivity contribution is 9.11. The molecule has 0 fully saturated rings. The lowest BCUT2D eigenvalue weighted by molar-refractivity contribution is -0.120. The number of anilines is 1. The van der Waals surface area contributed by atoms with Gasteiger partial charge in [-0.2, -0.15) is 0 Å². The standard InChI is InChI=1S/C5H4BrNO2S/c6-4-1-3(9-2-8)5(7)10-4/h1-2H,7H2. The highest BCUT2D eigenvalue weighted by Gasteiger charge is 2.03. The van der Waals surface area contributed by atoms with Crippen molar-refractivity contribution in [3.8, 4) is 5.75 Å². The molecular weight excluding hydrogens is 218 g/mol. The van der Waals surface area contributed by atoms with E-state index in [0.29, 0.717) is 17.2 Å². The Kier molecular flexibility index (Phi) is 2.29. The van der Waals surface area contributed by atoms with Crippen molar-refractivity contribution < 1.29 is 9.53 Å². The Morgan fingerprint density at radius 3 is 2.90 bits per heavy atom. The number of nitrogen functional groups attached to an aromatic ring is 1. The van der Waals surface area contributed by atoms with E-state index in [1.807, 2.05) is 0 Å². The molecule has 0 aliphatic rings. The summed E-state index contributed by atoms with van der Waals surface area (Å²) in [7, 11) is 0. The monoisotopic (exact) mass is 221 g/mol. The topological polar surface area (TPSA) is 52.3 Å². The van der Waals surface area contributed by atoms with E-state index >= 15 is 0 Å². The van der Waals surface area contributed by atoms with Crippen molar-refractivity contribution >= 4 is 38.7 Å². The highest BCUT2D eigenvalue weighted by Crippen LogP contribution is 2.34. The number of halogens is 1. The van der Waals surface area contributed by atoms with Gasteiger partial charge >= 0.3 is 0 Å². The van der Waals surface area contributed by atoms with Gasteiger partial charge in [0.15, 0.2) is 5.75 Å². The zero-order valence-corrected chi connectivity index (χ0v) is 7.24. The summed E-state index contributed by atoms with van der Waals surface area (Å²) in [6.45, 7) is 0.352. The molecular formula is C5H4BrNO2S.